The summed E-state index contributed by atoms with van der Waals surface area (Å²) in [5, 5.41) is 3.24. The summed E-state index contributed by atoms with van der Waals surface area (Å²) in [7, 11) is -2.89. The van der Waals surface area contributed by atoms with Gasteiger partial charge in [0.05, 0.1) is 16.9 Å². The molecule has 0 amide bonds. The van der Waals surface area contributed by atoms with Crippen LogP contribution in [0.2, 0.25) is 0 Å². The maximum atomic E-state index is 12.0. The first-order chi connectivity index (χ1) is 16.6. The first kappa shape index (κ1) is 21.6. The summed E-state index contributed by atoms with van der Waals surface area (Å²) in [5.41, 5.74) is 3.06. The smallest absolute Gasteiger partial charge is 0.181 e. The van der Waals surface area contributed by atoms with E-state index in [-0.39, 0.29) is 11.8 Å². The van der Waals surface area contributed by atoms with Crippen LogP contribution in [0.5, 0.6) is 0 Å². The molecule has 1 atom stereocenters. The van der Waals surface area contributed by atoms with E-state index in [0.29, 0.717) is 11.6 Å². The van der Waals surface area contributed by atoms with Crippen molar-refractivity contribution in [2.24, 2.45) is 0 Å². The summed E-state index contributed by atoms with van der Waals surface area (Å²) in [6, 6.07) is 16.3. The zero-order valence-corrected chi connectivity index (χ0v) is 20.3. The monoisotopic (exact) mass is 491 g/mol. The van der Waals surface area contributed by atoms with E-state index in [0.717, 1.165) is 65.5 Å². The molecule has 0 N–H and O–H groups in total. The summed E-state index contributed by atoms with van der Waals surface area (Å²) >= 11 is 1.63. The van der Waals surface area contributed by atoms with Crippen LogP contribution < -0.4 is 4.90 Å². The standard InChI is InChI=1S/C25H25N5O2S2/c31-34(32)15-9-19(17-34)29-11-13-30(14-12-29)24-22-20(18-6-2-1-3-7-18)16-33-25(22)28-23(27-24)21-8-4-5-10-26-21/h1-8,10,16,19H,9,11-15,17H2/t19-/m1/s1. The number of rotatable bonds is 4. The first-order valence-corrected chi connectivity index (χ1v) is 14.2. The molecule has 0 aliphatic carbocycles. The van der Waals surface area contributed by atoms with Crippen molar-refractivity contribution in [1.82, 2.24) is 19.9 Å². The molecular weight excluding hydrogens is 466 g/mol. The number of pyridine rings is 1. The average molecular weight is 492 g/mol. The number of thiophene rings is 1. The third-order valence-electron chi connectivity index (χ3n) is 6.73. The molecule has 2 saturated heterocycles. The van der Waals surface area contributed by atoms with Crippen molar-refractivity contribution in [3.8, 4) is 22.6 Å². The molecule has 0 bridgehead atoms. The molecule has 174 valence electrons. The molecule has 7 nitrogen and oxygen atoms in total. The largest absolute Gasteiger partial charge is 0.353 e. The van der Waals surface area contributed by atoms with Crippen molar-refractivity contribution >= 4 is 37.2 Å². The lowest BCUT2D eigenvalue weighted by atomic mass is 10.1. The number of benzene rings is 1. The predicted octanol–water partition coefficient (Wildman–Crippen LogP) is 3.73. The zero-order valence-electron chi connectivity index (χ0n) is 18.7. The van der Waals surface area contributed by atoms with Crippen molar-refractivity contribution in [2.75, 3.05) is 42.6 Å². The van der Waals surface area contributed by atoms with Crippen LogP contribution in [-0.2, 0) is 9.84 Å². The van der Waals surface area contributed by atoms with Crippen molar-refractivity contribution in [2.45, 2.75) is 12.5 Å². The molecule has 0 saturated carbocycles. The molecule has 2 fully saturated rings. The van der Waals surface area contributed by atoms with Crippen LogP contribution in [-0.4, -0.2) is 72.0 Å². The molecule has 2 aliphatic rings. The van der Waals surface area contributed by atoms with E-state index in [1.54, 1.807) is 17.5 Å². The molecule has 6 rings (SSSR count). The van der Waals surface area contributed by atoms with Crippen LogP contribution >= 0.6 is 11.3 Å². The normalized spacial score (nSPS) is 20.7. The molecule has 4 aromatic rings. The Morgan fingerprint density at radius 2 is 1.74 bits per heavy atom. The van der Waals surface area contributed by atoms with E-state index >= 15 is 0 Å². The number of piperazine rings is 1. The minimum atomic E-state index is -2.89. The maximum Gasteiger partial charge on any atom is 0.181 e. The van der Waals surface area contributed by atoms with Gasteiger partial charge in [-0.15, -0.1) is 11.3 Å². The second-order valence-corrected chi connectivity index (χ2v) is 11.9. The molecule has 34 heavy (non-hydrogen) atoms. The average Bonchev–Trinajstić information content (AvgIpc) is 3.47. The van der Waals surface area contributed by atoms with Gasteiger partial charge in [-0.25, -0.2) is 18.4 Å². The highest BCUT2D eigenvalue weighted by molar-refractivity contribution is 7.91. The minimum absolute atomic E-state index is 0.141. The number of hydrogen-bond acceptors (Lipinski definition) is 8. The van der Waals surface area contributed by atoms with Gasteiger partial charge in [-0.2, -0.15) is 0 Å². The Hall–Kier alpha value is -2.88. The second kappa shape index (κ2) is 8.72. The Labute approximate surface area is 203 Å². The molecule has 0 radical (unpaired) electrons. The van der Waals surface area contributed by atoms with Crippen molar-refractivity contribution in [1.29, 1.82) is 0 Å². The van der Waals surface area contributed by atoms with Gasteiger partial charge in [0.1, 0.15) is 16.3 Å². The summed E-state index contributed by atoms with van der Waals surface area (Å²) in [5.74, 6) is 2.17. The van der Waals surface area contributed by atoms with Crippen LogP contribution in [0.3, 0.4) is 0 Å². The molecule has 3 aromatic heterocycles. The summed E-state index contributed by atoms with van der Waals surface area (Å²) < 4.78 is 23.9. The quantitative estimate of drug-likeness (QED) is 0.430. The van der Waals surface area contributed by atoms with Crippen LogP contribution in [0.1, 0.15) is 6.42 Å². The van der Waals surface area contributed by atoms with Gasteiger partial charge in [0.25, 0.3) is 0 Å². The van der Waals surface area contributed by atoms with Crippen LogP contribution in [0.4, 0.5) is 5.82 Å². The zero-order chi connectivity index (χ0) is 23.1. The Bertz CT molecular complexity index is 1420. The highest BCUT2D eigenvalue weighted by atomic mass is 32.2. The second-order valence-electron chi connectivity index (χ2n) is 8.86. The Morgan fingerprint density at radius 3 is 2.44 bits per heavy atom. The number of fused-ring (bicyclic) bond motifs is 1. The van der Waals surface area contributed by atoms with Gasteiger partial charge < -0.3 is 4.90 Å². The molecule has 0 unspecified atom stereocenters. The Kier molecular flexibility index (Phi) is 5.55. The van der Waals surface area contributed by atoms with Crippen molar-refractivity contribution in [3.63, 3.8) is 0 Å². The van der Waals surface area contributed by atoms with Crippen LogP contribution in [0, 0.1) is 0 Å². The molecule has 2 aliphatic heterocycles. The van der Waals surface area contributed by atoms with E-state index < -0.39 is 9.84 Å². The lowest BCUT2D eigenvalue weighted by Crippen LogP contribution is -2.51. The van der Waals surface area contributed by atoms with Gasteiger partial charge in [-0.05, 0) is 24.1 Å². The van der Waals surface area contributed by atoms with Gasteiger partial charge in [-0.1, -0.05) is 36.4 Å². The van der Waals surface area contributed by atoms with Gasteiger partial charge in [0, 0.05) is 49.4 Å². The number of sulfone groups is 1. The van der Waals surface area contributed by atoms with E-state index in [9.17, 15) is 8.42 Å². The minimum Gasteiger partial charge on any atom is -0.353 e. The molecule has 0 spiro atoms. The highest BCUT2D eigenvalue weighted by Crippen LogP contribution is 2.39. The van der Waals surface area contributed by atoms with Crippen molar-refractivity contribution in [3.05, 3.63) is 60.1 Å². The number of nitrogens with zero attached hydrogens (tertiary/aromatic N) is 5. The first-order valence-electron chi connectivity index (χ1n) is 11.5. The number of hydrogen-bond donors (Lipinski definition) is 0. The SMILES string of the molecule is O=S1(=O)CC[C@@H](N2CCN(c3nc(-c4ccccn4)nc4scc(-c5ccccc5)c34)CC2)C1. The molecule has 1 aromatic carbocycles. The van der Waals surface area contributed by atoms with Crippen LogP contribution in [0.15, 0.2) is 60.1 Å². The van der Waals surface area contributed by atoms with Crippen LogP contribution in [0.25, 0.3) is 32.9 Å². The summed E-state index contributed by atoms with van der Waals surface area (Å²) in [6.07, 6.45) is 2.51. The summed E-state index contributed by atoms with van der Waals surface area (Å²) in [6.45, 7) is 3.26. The predicted molar refractivity (Wildman–Crippen MR) is 137 cm³/mol. The topological polar surface area (TPSA) is 79.3 Å². The van der Waals surface area contributed by atoms with E-state index in [1.165, 1.54) is 0 Å². The molecular formula is C25H25N5O2S2. The van der Waals surface area contributed by atoms with E-state index in [1.807, 2.05) is 24.3 Å². The maximum absolute atomic E-state index is 12.0. The highest BCUT2D eigenvalue weighted by Gasteiger charge is 2.34. The Morgan fingerprint density at radius 1 is 0.941 bits per heavy atom. The van der Waals surface area contributed by atoms with Gasteiger partial charge in [0.15, 0.2) is 15.7 Å². The van der Waals surface area contributed by atoms with E-state index in [4.69, 9.17) is 9.97 Å². The van der Waals surface area contributed by atoms with Gasteiger partial charge >= 0.3 is 0 Å². The number of anilines is 1. The van der Waals surface area contributed by atoms with Gasteiger partial charge in [-0.3, -0.25) is 9.88 Å². The fourth-order valence-corrected chi connectivity index (χ4v) is 7.66. The molecule has 9 heteroatoms. The lowest BCUT2D eigenvalue weighted by molar-refractivity contribution is 0.200. The fraction of sp³-hybridized carbons (Fsp3) is 0.320. The third kappa shape index (κ3) is 4.08. The summed E-state index contributed by atoms with van der Waals surface area (Å²) in [4.78, 5) is 20.0. The van der Waals surface area contributed by atoms with Gasteiger partial charge in [0.2, 0.25) is 0 Å². The van der Waals surface area contributed by atoms with E-state index in [2.05, 4.69) is 44.4 Å². The fourth-order valence-electron chi connectivity index (χ4n) is 4.95. The molecule has 5 heterocycles. The van der Waals surface area contributed by atoms with Crippen molar-refractivity contribution < 1.29 is 8.42 Å². The number of aromatic nitrogens is 3. The Balaban J connectivity index is 1.38. The lowest BCUT2D eigenvalue weighted by Gasteiger charge is -2.38. The third-order valence-corrected chi connectivity index (χ3v) is 9.35.